The summed E-state index contributed by atoms with van der Waals surface area (Å²) in [7, 11) is 0. The van der Waals surface area contributed by atoms with Crippen LogP contribution in [0.25, 0.3) is 9.81 Å². The first-order valence-electron chi connectivity index (χ1n) is 9.38. The third-order valence-corrected chi connectivity index (χ3v) is 5.79. The molecule has 0 spiro atoms. The summed E-state index contributed by atoms with van der Waals surface area (Å²) in [5.74, 6) is 2.00. The first-order chi connectivity index (χ1) is 12.4. The van der Waals surface area contributed by atoms with Gasteiger partial charge in [-0.2, -0.15) is 0 Å². The van der Waals surface area contributed by atoms with Crippen molar-refractivity contribution >= 4 is 35.1 Å². The van der Waals surface area contributed by atoms with Crippen LogP contribution in [0.4, 0.5) is 0 Å². The Balaban J connectivity index is 2.44. The fraction of sp³-hybridized carbons (Fsp3) is 0.391. The SMILES string of the molecule is CCC(C)c1ccc(OCCC(C)C)c(C(S)=C(S)c2ccccc2)c1. The summed E-state index contributed by atoms with van der Waals surface area (Å²) in [6.07, 6.45) is 2.13. The van der Waals surface area contributed by atoms with E-state index in [1.165, 1.54) is 5.56 Å². The van der Waals surface area contributed by atoms with Gasteiger partial charge < -0.3 is 4.74 Å². The van der Waals surface area contributed by atoms with E-state index in [0.29, 0.717) is 18.4 Å². The lowest BCUT2D eigenvalue weighted by Crippen LogP contribution is -2.04. The zero-order chi connectivity index (χ0) is 19.1. The summed E-state index contributed by atoms with van der Waals surface area (Å²) >= 11 is 9.58. The first-order valence-corrected chi connectivity index (χ1v) is 10.3. The van der Waals surface area contributed by atoms with Gasteiger partial charge in [0.2, 0.25) is 0 Å². The average Bonchev–Trinajstić information content (AvgIpc) is 2.66. The van der Waals surface area contributed by atoms with Crippen LogP contribution in [0.2, 0.25) is 0 Å². The molecule has 1 nitrogen and oxygen atoms in total. The van der Waals surface area contributed by atoms with Crippen molar-refractivity contribution in [3.63, 3.8) is 0 Å². The van der Waals surface area contributed by atoms with Gasteiger partial charge in [0.15, 0.2) is 0 Å². The molecule has 0 aromatic heterocycles. The van der Waals surface area contributed by atoms with Gasteiger partial charge in [0.1, 0.15) is 5.75 Å². The van der Waals surface area contributed by atoms with E-state index in [9.17, 15) is 0 Å². The molecule has 0 bridgehead atoms. The Morgan fingerprint density at radius 3 is 2.27 bits per heavy atom. The summed E-state index contributed by atoms with van der Waals surface area (Å²) in [6, 6.07) is 16.6. The molecular formula is C23H30OS2. The molecule has 26 heavy (non-hydrogen) atoms. The van der Waals surface area contributed by atoms with Crippen LogP contribution in [0.1, 0.15) is 63.1 Å². The Labute approximate surface area is 169 Å². The quantitative estimate of drug-likeness (QED) is 0.357. The normalized spacial score (nSPS) is 13.5. The minimum Gasteiger partial charge on any atom is -0.493 e. The number of benzene rings is 2. The summed E-state index contributed by atoms with van der Waals surface area (Å²) in [5.41, 5.74) is 3.38. The van der Waals surface area contributed by atoms with Crippen LogP contribution >= 0.6 is 25.3 Å². The molecule has 0 radical (unpaired) electrons. The number of rotatable bonds is 8. The van der Waals surface area contributed by atoms with Gasteiger partial charge in [-0.15, -0.1) is 25.3 Å². The predicted octanol–water partition coefficient (Wildman–Crippen LogP) is 7.31. The smallest absolute Gasteiger partial charge is 0.127 e. The van der Waals surface area contributed by atoms with Crippen LogP contribution in [-0.2, 0) is 0 Å². The lowest BCUT2D eigenvalue weighted by molar-refractivity contribution is 0.289. The van der Waals surface area contributed by atoms with E-state index in [2.05, 4.69) is 58.0 Å². The molecule has 0 aliphatic rings. The zero-order valence-corrected chi connectivity index (χ0v) is 18.0. The highest BCUT2D eigenvalue weighted by Crippen LogP contribution is 2.38. The van der Waals surface area contributed by atoms with Gasteiger partial charge in [-0.05, 0) is 47.9 Å². The number of hydrogen-bond donors (Lipinski definition) is 2. The third-order valence-electron chi connectivity index (χ3n) is 4.66. The van der Waals surface area contributed by atoms with Gasteiger partial charge in [0.25, 0.3) is 0 Å². The van der Waals surface area contributed by atoms with Crippen molar-refractivity contribution in [2.24, 2.45) is 5.92 Å². The van der Waals surface area contributed by atoms with E-state index in [-0.39, 0.29) is 0 Å². The van der Waals surface area contributed by atoms with Crippen molar-refractivity contribution in [2.45, 2.75) is 46.5 Å². The summed E-state index contributed by atoms with van der Waals surface area (Å²) in [5, 5.41) is 0. The van der Waals surface area contributed by atoms with Gasteiger partial charge in [0.05, 0.1) is 6.61 Å². The van der Waals surface area contributed by atoms with Gasteiger partial charge >= 0.3 is 0 Å². The fourth-order valence-electron chi connectivity index (χ4n) is 2.67. The van der Waals surface area contributed by atoms with Crippen molar-refractivity contribution in [1.82, 2.24) is 0 Å². The first kappa shape index (κ1) is 21.0. The van der Waals surface area contributed by atoms with E-state index in [0.717, 1.165) is 39.5 Å². The molecule has 1 atom stereocenters. The molecule has 2 rings (SSSR count). The second-order valence-corrected chi connectivity index (χ2v) is 8.05. The van der Waals surface area contributed by atoms with Crippen molar-refractivity contribution in [1.29, 1.82) is 0 Å². The maximum atomic E-state index is 6.11. The van der Waals surface area contributed by atoms with Crippen LogP contribution in [0, 0.1) is 5.92 Å². The van der Waals surface area contributed by atoms with E-state index in [1.807, 2.05) is 18.2 Å². The molecule has 0 N–H and O–H groups in total. The monoisotopic (exact) mass is 386 g/mol. The predicted molar refractivity (Wildman–Crippen MR) is 121 cm³/mol. The van der Waals surface area contributed by atoms with Crippen molar-refractivity contribution in [3.8, 4) is 5.75 Å². The highest BCUT2D eigenvalue weighted by Gasteiger charge is 2.14. The Hall–Kier alpha value is -1.32. The second-order valence-electron chi connectivity index (χ2n) is 7.16. The Morgan fingerprint density at radius 1 is 0.962 bits per heavy atom. The van der Waals surface area contributed by atoms with E-state index in [1.54, 1.807) is 0 Å². The number of hydrogen-bond acceptors (Lipinski definition) is 3. The molecule has 2 aromatic rings. The minimum atomic E-state index is 0.500. The molecule has 2 aromatic carbocycles. The van der Waals surface area contributed by atoms with Crippen LogP contribution in [0.5, 0.6) is 5.75 Å². The standard InChI is InChI=1S/C23H30OS2/c1-5-17(4)19-11-12-21(24-14-13-16(2)3)20(15-19)23(26)22(25)18-9-7-6-8-10-18/h6-12,15-17,25-26H,5,13-14H2,1-4H3. The molecule has 0 amide bonds. The Bertz CT molecular complexity index is 735. The lowest BCUT2D eigenvalue weighted by Gasteiger charge is -2.17. The molecule has 3 heteroatoms. The maximum Gasteiger partial charge on any atom is 0.127 e. The molecule has 0 fully saturated rings. The fourth-order valence-corrected chi connectivity index (χ4v) is 3.24. The molecule has 1 unspecified atom stereocenters. The van der Waals surface area contributed by atoms with Crippen molar-refractivity contribution in [3.05, 3.63) is 65.2 Å². The van der Waals surface area contributed by atoms with Crippen LogP contribution in [0.15, 0.2) is 48.5 Å². The van der Waals surface area contributed by atoms with E-state index < -0.39 is 0 Å². The molecule has 0 saturated heterocycles. The lowest BCUT2D eigenvalue weighted by atomic mass is 9.96. The molecule has 0 aliphatic heterocycles. The van der Waals surface area contributed by atoms with Gasteiger partial charge in [-0.25, -0.2) is 0 Å². The molecule has 140 valence electrons. The van der Waals surface area contributed by atoms with Crippen LogP contribution in [0.3, 0.4) is 0 Å². The van der Waals surface area contributed by atoms with E-state index >= 15 is 0 Å². The Morgan fingerprint density at radius 2 is 1.65 bits per heavy atom. The molecule has 0 aliphatic carbocycles. The van der Waals surface area contributed by atoms with Crippen LogP contribution in [-0.4, -0.2) is 6.61 Å². The second kappa shape index (κ2) is 10.1. The highest BCUT2D eigenvalue weighted by atomic mass is 32.1. The Kier molecular flexibility index (Phi) is 8.17. The molecular weight excluding hydrogens is 356 g/mol. The maximum absolute atomic E-state index is 6.11. The van der Waals surface area contributed by atoms with E-state index in [4.69, 9.17) is 30.0 Å². The number of thiol groups is 2. The summed E-state index contributed by atoms with van der Waals surface area (Å²) < 4.78 is 6.11. The van der Waals surface area contributed by atoms with Gasteiger partial charge in [-0.3, -0.25) is 0 Å². The topological polar surface area (TPSA) is 9.23 Å². The number of ether oxygens (including phenoxy) is 1. The van der Waals surface area contributed by atoms with Gasteiger partial charge in [0, 0.05) is 15.4 Å². The van der Waals surface area contributed by atoms with Crippen LogP contribution < -0.4 is 4.74 Å². The third kappa shape index (κ3) is 5.59. The average molecular weight is 387 g/mol. The minimum absolute atomic E-state index is 0.500. The van der Waals surface area contributed by atoms with Crippen molar-refractivity contribution in [2.75, 3.05) is 6.61 Å². The summed E-state index contributed by atoms with van der Waals surface area (Å²) in [4.78, 5) is 1.72. The van der Waals surface area contributed by atoms with Crippen molar-refractivity contribution < 1.29 is 4.74 Å². The molecule has 0 saturated carbocycles. The largest absolute Gasteiger partial charge is 0.493 e. The molecule has 0 heterocycles. The zero-order valence-electron chi connectivity index (χ0n) is 16.2. The summed E-state index contributed by atoms with van der Waals surface area (Å²) in [6.45, 7) is 9.59. The highest BCUT2D eigenvalue weighted by molar-refractivity contribution is 7.96. The van der Waals surface area contributed by atoms with Gasteiger partial charge in [-0.1, -0.05) is 64.1 Å².